The molecule has 3 atom stereocenters. The first kappa shape index (κ1) is 10.3. The maximum Gasteiger partial charge on any atom is 0.163 e. The van der Waals surface area contributed by atoms with Crippen LogP contribution >= 0.6 is 0 Å². The van der Waals surface area contributed by atoms with Crippen LogP contribution < -0.4 is 5.32 Å². The molecule has 0 saturated carbocycles. The highest BCUT2D eigenvalue weighted by Gasteiger charge is 2.43. The third-order valence-corrected chi connectivity index (χ3v) is 4.43. The third kappa shape index (κ3) is 1.78. The molecule has 0 aliphatic carbocycles. The quantitative estimate of drug-likeness (QED) is 0.448. The first-order valence-electron chi connectivity index (χ1n) is 4.55. The van der Waals surface area contributed by atoms with Gasteiger partial charge in [-0.3, -0.25) is 10.2 Å². The number of rotatable bonds is 1. The van der Waals surface area contributed by atoms with E-state index in [2.05, 4.69) is 5.32 Å². The summed E-state index contributed by atoms with van der Waals surface area (Å²) in [4.78, 5) is 1.59. The van der Waals surface area contributed by atoms with Gasteiger partial charge in [0.25, 0.3) is 0 Å². The second kappa shape index (κ2) is 3.42. The predicted octanol–water partition coefficient (Wildman–Crippen LogP) is -2.67. The molecule has 82 valence electrons. The molecule has 2 saturated heterocycles. The van der Waals surface area contributed by atoms with Crippen molar-refractivity contribution in [2.24, 2.45) is 0 Å². The highest BCUT2D eigenvalue weighted by Crippen LogP contribution is 2.20. The second-order valence-corrected chi connectivity index (χ2v) is 5.93. The van der Waals surface area contributed by atoms with Gasteiger partial charge in [-0.1, -0.05) is 0 Å². The summed E-state index contributed by atoms with van der Waals surface area (Å²) < 4.78 is 22.5. The van der Waals surface area contributed by atoms with Gasteiger partial charge in [0.05, 0.1) is 23.7 Å². The van der Waals surface area contributed by atoms with Gasteiger partial charge in [0.2, 0.25) is 0 Å². The van der Waals surface area contributed by atoms with E-state index in [1.165, 1.54) is 0 Å². The maximum absolute atomic E-state index is 11.2. The fraction of sp³-hybridized carbons (Fsp3) is 1.00. The van der Waals surface area contributed by atoms with Crippen LogP contribution in [0.4, 0.5) is 0 Å². The van der Waals surface area contributed by atoms with Crippen molar-refractivity contribution in [3.05, 3.63) is 0 Å². The number of sulfone groups is 1. The lowest BCUT2D eigenvalue weighted by molar-refractivity contribution is -0.0294. The lowest BCUT2D eigenvalue weighted by Crippen LogP contribution is -2.48. The Morgan fingerprint density at radius 3 is 2.43 bits per heavy atom. The lowest BCUT2D eigenvalue weighted by atomic mass is 10.2. The van der Waals surface area contributed by atoms with Crippen LogP contribution in [0.3, 0.4) is 0 Å². The molecule has 0 aromatic heterocycles. The van der Waals surface area contributed by atoms with Crippen LogP contribution in [0.25, 0.3) is 0 Å². The molecule has 2 fully saturated rings. The normalized spacial score (nSPS) is 43.1. The van der Waals surface area contributed by atoms with Gasteiger partial charge in [-0.25, -0.2) is 8.42 Å². The number of aliphatic hydroxyl groups excluding tert-OH is 2. The van der Waals surface area contributed by atoms with Gasteiger partial charge in [-0.05, 0) is 0 Å². The smallest absolute Gasteiger partial charge is 0.163 e. The molecule has 0 amide bonds. The van der Waals surface area contributed by atoms with Crippen molar-refractivity contribution < 1.29 is 18.6 Å². The zero-order valence-electron chi connectivity index (χ0n) is 7.63. The van der Waals surface area contributed by atoms with E-state index in [0.29, 0.717) is 13.1 Å². The van der Waals surface area contributed by atoms with E-state index in [0.717, 1.165) is 0 Å². The molecule has 6 nitrogen and oxygen atoms in total. The van der Waals surface area contributed by atoms with Crippen molar-refractivity contribution in [1.82, 2.24) is 10.2 Å². The van der Waals surface area contributed by atoms with Gasteiger partial charge in [0.15, 0.2) is 16.2 Å². The van der Waals surface area contributed by atoms with Crippen molar-refractivity contribution in [2.45, 2.75) is 18.5 Å². The number of hydrogen-bond acceptors (Lipinski definition) is 6. The molecule has 0 spiro atoms. The SMILES string of the molecule is O=S1(=O)C[C@@H](O)[C@H](N2CCN[C@@H]2O)C1. The van der Waals surface area contributed by atoms with Gasteiger partial charge in [-0.2, -0.15) is 0 Å². The summed E-state index contributed by atoms with van der Waals surface area (Å²) in [5, 5.41) is 21.8. The molecule has 2 aliphatic rings. The molecule has 0 radical (unpaired) electrons. The zero-order valence-corrected chi connectivity index (χ0v) is 8.44. The van der Waals surface area contributed by atoms with E-state index in [1.807, 2.05) is 0 Å². The Balaban J connectivity index is 2.12. The summed E-state index contributed by atoms with van der Waals surface area (Å²) in [5.41, 5.74) is 0. The summed E-state index contributed by atoms with van der Waals surface area (Å²) >= 11 is 0. The Morgan fingerprint density at radius 2 is 2.00 bits per heavy atom. The minimum absolute atomic E-state index is 0.0626. The van der Waals surface area contributed by atoms with Crippen molar-refractivity contribution in [3.8, 4) is 0 Å². The van der Waals surface area contributed by atoms with E-state index >= 15 is 0 Å². The Hall–Kier alpha value is -0.210. The second-order valence-electron chi connectivity index (χ2n) is 3.78. The zero-order chi connectivity index (χ0) is 10.3. The Labute approximate surface area is 82.4 Å². The summed E-state index contributed by atoms with van der Waals surface area (Å²) in [5.74, 6) is -0.256. The number of aliphatic hydroxyl groups is 2. The van der Waals surface area contributed by atoms with Crippen LogP contribution in [0, 0.1) is 0 Å². The average Bonchev–Trinajstić information content (AvgIpc) is 2.55. The molecule has 2 rings (SSSR count). The van der Waals surface area contributed by atoms with Crippen molar-refractivity contribution >= 4 is 9.84 Å². The number of nitrogens with one attached hydrogen (secondary N) is 1. The lowest BCUT2D eigenvalue weighted by Gasteiger charge is -2.27. The van der Waals surface area contributed by atoms with Gasteiger partial charge in [0, 0.05) is 13.1 Å². The minimum atomic E-state index is -3.14. The third-order valence-electron chi connectivity index (χ3n) is 2.73. The topological polar surface area (TPSA) is 89.9 Å². The van der Waals surface area contributed by atoms with Crippen LogP contribution in [0.5, 0.6) is 0 Å². The van der Waals surface area contributed by atoms with Crippen molar-refractivity contribution in [3.63, 3.8) is 0 Å². The molecule has 2 aliphatic heterocycles. The predicted molar refractivity (Wildman–Crippen MR) is 49.2 cm³/mol. The Kier molecular flexibility index (Phi) is 2.52. The van der Waals surface area contributed by atoms with Crippen LogP contribution in [0.15, 0.2) is 0 Å². The summed E-state index contributed by atoms with van der Waals surface area (Å²) in [6.45, 7) is 1.18. The molecule has 0 aromatic carbocycles. The highest BCUT2D eigenvalue weighted by molar-refractivity contribution is 7.91. The average molecular weight is 222 g/mol. The summed E-state index contributed by atoms with van der Waals surface area (Å²) in [7, 11) is -3.14. The monoisotopic (exact) mass is 222 g/mol. The fourth-order valence-electron chi connectivity index (χ4n) is 2.04. The number of hydrogen-bond donors (Lipinski definition) is 3. The fourth-order valence-corrected chi connectivity index (χ4v) is 3.85. The largest absolute Gasteiger partial charge is 0.390 e. The van der Waals surface area contributed by atoms with Crippen molar-refractivity contribution in [2.75, 3.05) is 24.6 Å². The molecule has 14 heavy (non-hydrogen) atoms. The number of nitrogens with zero attached hydrogens (tertiary/aromatic N) is 1. The van der Waals surface area contributed by atoms with E-state index in [4.69, 9.17) is 0 Å². The van der Waals surface area contributed by atoms with E-state index in [-0.39, 0.29) is 11.5 Å². The molecule has 0 bridgehead atoms. The van der Waals surface area contributed by atoms with E-state index < -0.39 is 28.3 Å². The van der Waals surface area contributed by atoms with Crippen LogP contribution in [-0.2, 0) is 9.84 Å². The van der Waals surface area contributed by atoms with Crippen LogP contribution in [0.2, 0.25) is 0 Å². The molecule has 2 heterocycles. The first-order valence-corrected chi connectivity index (χ1v) is 6.37. The molecule has 3 N–H and O–H groups in total. The Bertz CT molecular complexity index is 318. The van der Waals surface area contributed by atoms with Gasteiger partial charge >= 0.3 is 0 Å². The van der Waals surface area contributed by atoms with E-state index in [9.17, 15) is 18.6 Å². The standard InChI is InChI=1S/C7H14N2O4S/c10-6-4-14(12,13)3-5(6)9-2-1-8-7(9)11/h5-8,10-11H,1-4H2/t5-,6-,7+/m1/s1. The Morgan fingerprint density at radius 1 is 1.29 bits per heavy atom. The summed E-state index contributed by atoms with van der Waals surface area (Å²) in [6, 6.07) is -0.468. The van der Waals surface area contributed by atoms with Gasteiger partial charge in [-0.15, -0.1) is 0 Å². The molecular weight excluding hydrogens is 208 g/mol. The first-order chi connectivity index (χ1) is 6.49. The molecule has 0 aromatic rings. The van der Waals surface area contributed by atoms with Crippen LogP contribution in [0.1, 0.15) is 0 Å². The minimum Gasteiger partial charge on any atom is -0.390 e. The molecule has 7 heteroatoms. The van der Waals surface area contributed by atoms with Gasteiger partial charge < -0.3 is 10.2 Å². The van der Waals surface area contributed by atoms with Crippen LogP contribution in [-0.4, -0.2) is 66.6 Å². The molecular formula is C7H14N2O4S. The summed E-state index contributed by atoms with van der Waals surface area (Å²) in [6.07, 6.45) is -1.71. The van der Waals surface area contributed by atoms with Crippen molar-refractivity contribution in [1.29, 1.82) is 0 Å². The van der Waals surface area contributed by atoms with Gasteiger partial charge in [0.1, 0.15) is 0 Å². The maximum atomic E-state index is 11.2. The molecule has 0 unspecified atom stereocenters. The van der Waals surface area contributed by atoms with E-state index in [1.54, 1.807) is 4.90 Å². The highest BCUT2D eigenvalue weighted by atomic mass is 32.2.